The molecule has 0 bridgehead atoms. The number of alkyl halides is 1. The molecule has 2 nitrogen and oxygen atoms in total. The molecule has 126 valence electrons. The van der Waals surface area contributed by atoms with Crippen LogP contribution in [-0.4, -0.2) is 31.6 Å². The summed E-state index contributed by atoms with van der Waals surface area (Å²) in [6, 6.07) is 9.00. The maximum Gasteiger partial charge on any atom is 0.0469 e. The van der Waals surface area contributed by atoms with Gasteiger partial charge in [-0.05, 0) is 57.2 Å². The van der Waals surface area contributed by atoms with Gasteiger partial charge in [-0.25, -0.2) is 0 Å². The lowest BCUT2D eigenvalue weighted by Crippen LogP contribution is -2.21. The van der Waals surface area contributed by atoms with Crippen molar-refractivity contribution in [1.29, 1.82) is 0 Å². The number of ether oxygens (including phenoxy) is 1. The second-order valence-electron chi connectivity index (χ2n) is 5.66. The van der Waals surface area contributed by atoms with Gasteiger partial charge in [0, 0.05) is 37.3 Å². The van der Waals surface area contributed by atoms with Gasteiger partial charge in [-0.1, -0.05) is 40.9 Å². The third-order valence-corrected chi connectivity index (χ3v) is 4.55. The van der Waals surface area contributed by atoms with Gasteiger partial charge in [0.05, 0.1) is 0 Å². The van der Waals surface area contributed by atoms with Gasteiger partial charge in [-0.3, -0.25) is 0 Å². The predicted molar refractivity (Wildman–Crippen MR) is 101 cm³/mol. The van der Waals surface area contributed by atoms with Crippen LogP contribution in [0, 0.1) is 0 Å². The van der Waals surface area contributed by atoms with Crippen LogP contribution in [-0.2, 0) is 11.2 Å². The molecule has 1 rings (SSSR count). The molecule has 0 aromatic heterocycles. The Balaban J connectivity index is 2.10. The number of unbranched alkanes of at least 4 members (excludes halogenated alkanes) is 3. The molecule has 0 fully saturated rings. The van der Waals surface area contributed by atoms with Crippen LogP contribution in [0.5, 0.6) is 0 Å². The molecule has 0 atom stereocenters. The molecule has 0 amide bonds. The van der Waals surface area contributed by atoms with Crippen molar-refractivity contribution in [3.8, 4) is 0 Å². The molecule has 0 saturated heterocycles. The average Bonchev–Trinajstić information content (AvgIpc) is 2.56. The highest BCUT2D eigenvalue weighted by molar-refractivity contribution is 9.09. The number of aryl methyl sites for hydroxylation is 1. The highest BCUT2D eigenvalue weighted by atomic mass is 79.9. The van der Waals surface area contributed by atoms with Crippen LogP contribution in [0.3, 0.4) is 0 Å². The van der Waals surface area contributed by atoms with E-state index in [-0.39, 0.29) is 0 Å². The molecule has 0 unspecified atom stereocenters. The van der Waals surface area contributed by atoms with Crippen molar-refractivity contribution in [2.24, 2.45) is 0 Å². The summed E-state index contributed by atoms with van der Waals surface area (Å²) in [5, 5.41) is 1.13. The van der Waals surface area contributed by atoms with Crippen LogP contribution in [0.25, 0.3) is 0 Å². The van der Waals surface area contributed by atoms with E-state index in [4.69, 9.17) is 4.74 Å². The van der Waals surface area contributed by atoms with E-state index in [0.717, 1.165) is 44.5 Å². The Morgan fingerprint density at radius 2 is 1.50 bits per heavy atom. The largest absolute Gasteiger partial charge is 0.381 e. The van der Waals surface area contributed by atoms with Gasteiger partial charge < -0.3 is 9.64 Å². The van der Waals surface area contributed by atoms with Crippen molar-refractivity contribution in [3.05, 3.63) is 29.8 Å². The lowest BCUT2D eigenvalue weighted by Gasteiger charge is -2.21. The van der Waals surface area contributed by atoms with E-state index in [2.05, 4.69) is 58.9 Å². The van der Waals surface area contributed by atoms with E-state index in [9.17, 15) is 0 Å². The standard InChI is InChI=1S/C19H32BrNO/c1-3-21(4-2)19-13-11-18(12-14-19)10-9-17-22-16-8-6-5-7-15-20/h11-14H,3-10,15-17H2,1-2H3. The topological polar surface area (TPSA) is 12.5 Å². The second-order valence-corrected chi connectivity index (χ2v) is 6.45. The fourth-order valence-electron chi connectivity index (χ4n) is 2.59. The van der Waals surface area contributed by atoms with Crippen molar-refractivity contribution in [2.45, 2.75) is 52.4 Å². The number of benzene rings is 1. The molecule has 22 heavy (non-hydrogen) atoms. The summed E-state index contributed by atoms with van der Waals surface area (Å²) >= 11 is 3.46. The molecule has 0 N–H and O–H groups in total. The third kappa shape index (κ3) is 8.19. The number of hydrogen-bond acceptors (Lipinski definition) is 2. The summed E-state index contributed by atoms with van der Waals surface area (Å²) in [5.74, 6) is 0. The van der Waals surface area contributed by atoms with Crippen LogP contribution in [0.1, 0.15) is 51.5 Å². The molecule has 0 aliphatic carbocycles. The van der Waals surface area contributed by atoms with E-state index < -0.39 is 0 Å². The fourth-order valence-corrected chi connectivity index (χ4v) is 2.99. The number of anilines is 1. The lowest BCUT2D eigenvalue weighted by molar-refractivity contribution is 0.128. The molecule has 0 aliphatic heterocycles. The smallest absolute Gasteiger partial charge is 0.0469 e. The summed E-state index contributed by atoms with van der Waals surface area (Å²) in [4.78, 5) is 2.38. The van der Waals surface area contributed by atoms with Crippen LogP contribution in [0.2, 0.25) is 0 Å². The third-order valence-electron chi connectivity index (χ3n) is 3.99. The van der Waals surface area contributed by atoms with E-state index in [0.29, 0.717) is 0 Å². The van der Waals surface area contributed by atoms with Crippen molar-refractivity contribution in [1.82, 2.24) is 0 Å². The van der Waals surface area contributed by atoms with Crippen LogP contribution >= 0.6 is 15.9 Å². The van der Waals surface area contributed by atoms with Crippen molar-refractivity contribution in [3.63, 3.8) is 0 Å². The molecular formula is C19H32BrNO. The number of rotatable bonds is 13. The first-order valence-electron chi connectivity index (χ1n) is 8.79. The highest BCUT2D eigenvalue weighted by Crippen LogP contribution is 2.15. The average molecular weight is 370 g/mol. The molecule has 1 aromatic carbocycles. The first kappa shape index (κ1) is 19.5. The van der Waals surface area contributed by atoms with Crippen LogP contribution in [0.4, 0.5) is 5.69 Å². The maximum atomic E-state index is 5.71. The molecule has 0 saturated carbocycles. The zero-order valence-corrected chi connectivity index (χ0v) is 15.9. The monoisotopic (exact) mass is 369 g/mol. The zero-order chi connectivity index (χ0) is 16.0. The number of halogens is 1. The van der Waals surface area contributed by atoms with Crippen molar-refractivity contribution >= 4 is 21.6 Å². The fraction of sp³-hybridized carbons (Fsp3) is 0.684. The zero-order valence-electron chi connectivity index (χ0n) is 14.3. The van der Waals surface area contributed by atoms with E-state index in [1.807, 2.05) is 0 Å². The van der Waals surface area contributed by atoms with Crippen LogP contribution < -0.4 is 4.90 Å². The van der Waals surface area contributed by atoms with Gasteiger partial charge in [0.15, 0.2) is 0 Å². The quantitative estimate of drug-likeness (QED) is 0.339. The Bertz CT molecular complexity index is 362. The first-order valence-corrected chi connectivity index (χ1v) is 9.91. The molecule has 1 aromatic rings. The first-order chi connectivity index (χ1) is 10.8. The van der Waals surface area contributed by atoms with Gasteiger partial charge in [-0.2, -0.15) is 0 Å². The minimum atomic E-state index is 0.885. The molecule has 0 aliphatic rings. The Hall–Kier alpha value is -0.540. The van der Waals surface area contributed by atoms with Gasteiger partial charge in [0.2, 0.25) is 0 Å². The molecule has 3 heteroatoms. The van der Waals surface area contributed by atoms with E-state index in [1.165, 1.54) is 36.9 Å². The Morgan fingerprint density at radius 3 is 2.14 bits per heavy atom. The Kier molecular flexibility index (Phi) is 11.5. The summed E-state index contributed by atoms with van der Waals surface area (Å²) in [6.45, 7) is 8.35. The lowest BCUT2D eigenvalue weighted by atomic mass is 10.1. The Morgan fingerprint density at radius 1 is 0.864 bits per heavy atom. The highest BCUT2D eigenvalue weighted by Gasteiger charge is 2.01. The van der Waals surface area contributed by atoms with Crippen molar-refractivity contribution in [2.75, 3.05) is 36.5 Å². The second kappa shape index (κ2) is 13.0. The van der Waals surface area contributed by atoms with E-state index >= 15 is 0 Å². The maximum absolute atomic E-state index is 5.71. The SMILES string of the molecule is CCN(CC)c1ccc(CCCOCCCCCCBr)cc1. The van der Waals surface area contributed by atoms with Gasteiger partial charge in [0.1, 0.15) is 0 Å². The molecule has 0 radical (unpaired) electrons. The van der Waals surface area contributed by atoms with Crippen LogP contribution in [0.15, 0.2) is 24.3 Å². The van der Waals surface area contributed by atoms with Gasteiger partial charge in [-0.15, -0.1) is 0 Å². The van der Waals surface area contributed by atoms with Crippen molar-refractivity contribution < 1.29 is 4.74 Å². The molecular weight excluding hydrogens is 338 g/mol. The molecule has 0 spiro atoms. The minimum absolute atomic E-state index is 0.885. The summed E-state index contributed by atoms with van der Waals surface area (Å²) in [7, 11) is 0. The van der Waals surface area contributed by atoms with Gasteiger partial charge in [0.25, 0.3) is 0 Å². The predicted octanol–water partition coefficient (Wildman–Crippen LogP) is 5.44. The van der Waals surface area contributed by atoms with Gasteiger partial charge >= 0.3 is 0 Å². The number of nitrogens with zero attached hydrogens (tertiary/aromatic N) is 1. The molecule has 0 heterocycles. The summed E-state index contributed by atoms with van der Waals surface area (Å²) in [6.07, 6.45) is 7.31. The van der Waals surface area contributed by atoms with E-state index in [1.54, 1.807) is 0 Å². The summed E-state index contributed by atoms with van der Waals surface area (Å²) < 4.78 is 5.71. The minimum Gasteiger partial charge on any atom is -0.381 e. The Labute approximate surface area is 145 Å². The number of hydrogen-bond donors (Lipinski definition) is 0. The normalized spacial score (nSPS) is 10.9. The summed E-state index contributed by atoms with van der Waals surface area (Å²) in [5.41, 5.74) is 2.74.